The predicted molar refractivity (Wildman–Crippen MR) is 129 cm³/mol. The molecule has 1 aromatic rings. The zero-order valence-electron chi connectivity index (χ0n) is 18.2. The second kappa shape index (κ2) is 14.3. The summed E-state index contributed by atoms with van der Waals surface area (Å²) >= 11 is 3.28. The Morgan fingerprint density at radius 3 is 2.29 bits per heavy atom. The van der Waals surface area contributed by atoms with E-state index in [2.05, 4.69) is 27.6 Å². The van der Waals surface area contributed by atoms with Crippen LogP contribution in [0, 0.1) is 5.41 Å². The lowest BCUT2D eigenvalue weighted by molar-refractivity contribution is -0.115. The summed E-state index contributed by atoms with van der Waals surface area (Å²) in [6.07, 6.45) is 8.24. The van der Waals surface area contributed by atoms with Crippen LogP contribution in [0.2, 0.25) is 0 Å². The van der Waals surface area contributed by atoms with Gasteiger partial charge in [-0.2, -0.15) is 0 Å². The Bertz CT molecular complexity index is 856. The molecule has 0 amide bonds. The third-order valence-corrected chi connectivity index (χ3v) is 6.71. The fourth-order valence-electron chi connectivity index (χ4n) is 3.13. The van der Waals surface area contributed by atoms with E-state index in [4.69, 9.17) is 11.1 Å². The highest BCUT2D eigenvalue weighted by atomic mass is 79.9. The van der Waals surface area contributed by atoms with Crippen LogP contribution in [-0.2, 0) is 14.8 Å². The summed E-state index contributed by atoms with van der Waals surface area (Å²) in [5.41, 5.74) is 5.48. The first-order chi connectivity index (χ1) is 14.7. The minimum Gasteiger partial charge on any atom is -0.388 e. The van der Waals surface area contributed by atoms with E-state index in [1.165, 1.54) is 12.1 Å². The van der Waals surface area contributed by atoms with Gasteiger partial charge in [0.05, 0.1) is 22.8 Å². The van der Waals surface area contributed by atoms with Crippen LogP contribution < -0.4 is 10.5 Å². The molecule has 0 aliphatic carbocycles. The summed E-state index contributed by atoms with van der Waals surface area (Å²) in [5, 5.41) is 7.19. The Morgan fingerprint density at radius 1 is 1.00 bits per heavy atom. The second-order valence-corrected chi connectivity index (χ2v) is 10.5. The van der Waals surface area contributed by atoms with Crippen molar-refractivity contribution in [1.82, 2.24) is 0 Å². The number of anilines is 1. The number of benzene rings is 1. The van der Waals surface area contributed by atoms with Crippen molar-refractivity contribution >= 4 is 49.0 Å². The first-order valence-electron chi connectivity index (χ1n) is 10.9. The van der Waals surface area contributed by atoms with E-state index in [0.717, 1.165) is 32.1 Å². The van der Waals surface area contributed by atoms with Crippen molar-refractivity contribution < 1.29 is 18.0 Å². The van der Waals surface area contributed by atoms with Gasteiger partial charge in [0, 0.05) is 17.3 Å². The minimum atomic E-state index is -3.62. The Kier molecular flexibility index (Phi) is 12.6. The molecule has 31 heavy (non-hydrogen) atoms. The molecule has 0 fully saturated rings. The fourth-order valence-corrected chi connectivity index (χ4v) is 4.69. The van der Waals surface area contributed by atoms with Gasteiger partial charge in [-0.3, -0.25) is 19.7 Å². The molecular formula is C22H34BrN3O4S. The number of unbranched alkanes of at least 4 members (excludes halogenated alkanes) is 7. The lowest BCUT2D eigenvalue weighted by atomic mass is 10.0. The molecule has 0 aliphatic rings. The molecule has 0 aliphatic heterocycles. The van der Waals surface area contributed by atoms with Crippen molar-refractivity contribution in [2.45, 2.75) is 77.6 Å². The molecule has 174 valence electrons. The summed E-state index contributed by atoms with van der Waals surface area (Å²) in [4.78, 5) is 25.0. The smallest absolute Gasteiger partial charge is 0.232 e. The van der Waals surface area contributed by atoms with Gasteiger partial charge in [0.1, 0.15) is 0 Å². The van der Waals surface area contributed by atoms with E-state index in [1.54, 1.807) is 6.07 Å². The number of nitrogens with one attached hydrogen (secondary N) is 2. The van der Waals surface area contributed by atoms with Crippen molar-refractivity contribution in [3.63, 3.8) is 0 Å². The molecule has 0 spiro atoms. The quantitative estimate of drug-likeness (QED) is 0.0863. The predicted octanol–water partition coefficient (Wildman–Crippen LogP) is 5.19. The molecule has 0 saturated heterocycles. The number of rotatable bonds is 17. The van der Waals surface area contributed by atoms with E-state index in [-0.39, 0.29) is 29.3 Å². The van der Waals surface area contributed by atoms with Gasteiger partial charge in [-0.05, 0) is 37.5 Å². The SMILES string of the molecule is CCCCCCCCS(=O)(=O)Nc1ccc(Br)cc1C(=O)C(=O)CCCCCC(=N)N. The third kappa shape index (κ3) is 11.4. The number of hydrogen-bond donors (Lipinski definition) is 3. The van der Waals surface area contributed by atoms with Gasteiger partial charge in [-0.25, -0.2) is 8.42 Å². The van der Waals surface area contributed by atoms with Gasteiger partial charge < -0.3 is 5.73 Å². The summed E-state index contributed by atoms with van der Waals surface area (Å²) in [7, 11) is -3.62. The number of halogens is 1. The Labute approximate surface area is 194 Å². The molecule has 1 aromatic carbocycles. The number of amidine groups is 1. The van der Waals surface area contributed by atoms with Gasteiger partial charge in [0.25, 0.3) is 0 Å². The van der Waals surface area contributed by atoms with Crippen LogP contribution in [0.1, 0.15) is 87.9 Å². The van der Waals surface area contributed by atoms with Gasteiger partial charge in [-0.1, -0.05) is 61.4 Å². The normalized spacial score (nSPS) is 11.3. The van der Waals surface area contributed by atoms with Crippen molar-refractivity contribution in [3.8, 4) is 0 Å². The standard InChI is InChI=1S/C22H34BrN3O4S/c1-2-3-4-5-6-10-15-31(29,30)26-19-14-13-17(23)16-18(19)22(28)20(27)11-8-7-9-12-21(24)25/h13-14,16,26H,2-12,15H2,1H3,(H3,24,25). The highest BCUT2D eigenvalue weighted by Crippen LogP contribution is 2.24. The lowest BCUT2D eigenvalue weighted by Crippen LogP contribution is -2.21. The zero-order valence-corrected chi connectivity index (χ0v) is 20.6. The molecule has 7 nitrogen and oxygen atoms in total. The number of hydrogen-bond acceptors (Lipinski definition) is 5. The topological polar surface area (TPSA) is 130 Å². The lowest BCUT2D eigenvalue weighted by Gasteiger charge is -2.12. The van der Waals surface area contributed by atoms with Gasteiger partial charge >= 0.3 is 0 Å². The van der Waals surface area contributed by atoms with Crippen LogP contribution in [0.4, 0.5) is 5.69 Å². The third-order valence-electron chi connectivity index (χ3n) is 4.86. The molecule has 0 aromatic heterocycles. The van der Waals surface area contributed by atoms with Crippen molar-refractivity contribution in [1.29, 1.82) is 5.41 Å². The number of sulfonamides is 1. The minimum absolute atomic E-state index is 0.0209. The Morgan fingerprint density at radius 2 is 1.61 bits per heavy atom. The molecule has 0 bridgehead atoms. The summed E-state index contributed by atoms with van der Waals surface area (Å²) < 4.78 is 28.0. The number of carbonyl (C=O) groups excluding carboxylic acids is 2. The van der Waals surface area contributed by atoms with Gasteiger partial charge in [0.15, 0.2) is 0 Å². The average Bonchev–Trinajstić information content (AvgIpc) is 2.70. The maximum atomic E-state index is 12.7. The Hall–Kier alpha value is -1.74. The highest BCUT2D eigenvalue weighted by molar-refractivity contribution is 9.10. The summed E-state index contributed by atoms with van der Waals surface area (Å²) in [6, 6.07) is 4.60. The average molecular weight is 517 g/mol. The van der Waals surface area contributed by atoms with Crippen molar-refractivity contribution in [3.05, 3.63) is 28.2 Å². The fraction of sp³-hybridized carbons (Fsp3) is 0.591. The monoisotopic (exact) mass is 515 g/mol. The molecule has 1 rings (SSSR count). The zero-order chi connectivity index (χ0) is 23.3. The van der Waals surface area contributed by atoms with Crippen molar-refractivity contribution in [2.24, 2.45) is 5.73 Å². The van der Waals surface area contributed by atoms with Crippen LogP contribution in [0.15, 0.2) is 22.7 Å². The number of carbonyl (C=O) groups is 2. The van der Waals surface area contributed by atoms with Crippen LogP contribution in [-0.4, -0.2) is 31.6 Å². The number of nitrogens with two attached hydrogens (primary N) is 1. The van der Waals surface area contributed by atoms with Crippen LogP contribution in [0.3, 0.4) is 0 Å². The first-order valence-corrected chi connectivity index (χ1v) is 13.3. The van der Waals surface area contributed by atoms with Crippen LogP contribution in [0.5, 0.6) is 0 Å². The van der Waals surface area contributed by atoms with E-state index in [1.807, 2.05) is 0 Å². The molecule has 0 radical (unpaired) electrons. The van der Waals surface area contributed by atoms with Gasteiger partial charge in [0.2, 0.25) is 21.6 Å². The van der Waals surface area contributed by atoms with E-state index in [9.17, 15) is 18.0 Å². The molecule has 0 saturated carbocycles. The molecule has 0 unspecified atom stereocenters. The molecule has 0 atom stereocenters. The summed E-state index contributed by atoms with van der Waals surface area (Å²) in [5.74, 6) is -1.18. The van der Waals surface area contributed by atoms with E-state index in [0.29, 0.717) is 36.6 Å². The molecule has 9 heteroatoms. The van der Waals surface area contributed by atoms with E-state index >= 15 is 0 Å². The Balaban J connectivity index is 2.70. The second-order valence-electron chi connectivity index (χ2n) is 7.72. The molecule has 0 heterocycles. The number of Topliss-reactive ketones (excluding diaryl/α,β-unsaturated/α-hetero) is 2. The summed E-state index contributed by atoms with van der Waals surface area (Å²) in [6.45, 7) is 2.13. The van der Waals surface area contributed by atoms with Crippen molar-refractivity contribution in [2.75, 3.05) is 10.5 Å². The molecule has 4 N–H and O–H groups in total. The largest absolute Gasteiger partial charge is 0.388 e. The number of ketones is 2. The van der Waals surface area contributed by atoms with E-state index < -0.39 is 21.6 Å². The first kappa shape index (κ1) is 27.3. The van der Waals surface area contributed by atoms with Gasteiger partial charge in [-0.15, -0.1) is 0 Å². The van der Waals surface area contributed by atoms with Crippen LogP contribution in [0.25, 0.3) is 0 Å². The van der Waals surface area contributed by atoms with Crippen LogP contribution >= 0.6 is 15.9 Å². The maximum Gasteiger partial charge on any atom is 0.232 e. The maximum absolute atomic E-state index is 12.7. The highest BCUT2D eigenvalue weighted by Gasteiger charge is 2.22. The molecular weight excluding hydrogens is 482 g/mol.